The predicted molar refractivity (Wildman–Crippen MR) is 95.6 cm³/mol. The van der Waals surface area contributed by atoms with E-state index in [1.165, 1.54) is 11.1 Å². The van der Waals surface area contributed by atoms with E-state index in [9.17, 15) is 0 Å². The molecule has 0 atom stereocenters. The van der Waals surface area contributed by atoms with Crippen LogP contribution >= 0.6 is 0 Å². The highest BCUT2D eigenvalue weighted by molar-refractivity contribution is 6.02. The lowest BCUT2D eigenvalue weighted by Crippen LogP contribution is -2.32. The highest BCUT2D eigenvalue weighted by atomic mass is 16.4. The van der Waals surface area contributed by atoms with Gasteiger partial charge in [0.05, 0.1) is 10.9 Å². The molecule has 0 amide bonds. The van der Waals surface area contributed by atoms with Crippen molar-refractivity contribution in [2.45, 2.75) is 6.54 Å². The molecule has 0 aliphatic carbocycles. The van der Waals surface area contributed by atoms with Gasteiger partial charge >= 0.3 is 5.65 Å². The molecule has 0 radical (unpaired) electrons. The van der Waals surface area contributed by atoms with Crippen LogP contribution in [0, 0.1) is 0 Å². The number of aromatic nitrogens is 3. The molecule has 0 saturated carbocycles. The molecule has 0 bridgehead atoms. The third kappa shape index (κ3) is 1.61. The number of hydrogen-bond donors (Lipinski definition) is 0. The smallest absolute Gasteiger partial charge is 0.336 e. The molecule has 1 aliphatic heterocycles. The first kappa shape index (κ1) is 13.0. The maximum atomic E-state index is 6.35. The van der Waals surface area contributed by atoms with Crippen LogP contribution in [0.4, 0.5) is 0 Å². The van der Waals surface area contributed by atoms with Crippen LogP contribution in [0.1, 0.15) is 5.56 Å². The zero-order chi connectivity index (χ0) is 16.4. The van der Waals surface area contributed by atoms with Crippen molar-refractivity contribution in [3.05, 3.63) is 78.5 Å². The fourth-order valence-corrected chi connectivity index (χ4v) is 3.87. The second-order valence-electron chi connectivity index (χ2n) is 6.35. The third-order valence-electron chi connectivity index (χ3n) is 4.95. The lowest BCUT2D eigenvalue weighted by Gasteiger charge is -1.99. The van der Waals surface area contributed by atoms with E-state index >= 15 is 0 Å². The van der Waals surface area contributed by atoms with Gasteiger partial charge < -0.3 is 4.42 Å². The molecule has 25 heavy (non-hydrogen) atoms. The minimum atomic E-state index is 0.821. The van der Waals surface area contributed by atoms with Crippen LogP contribution in [0.15, 0.2) is 77.3 Å². The molecule has 5 aromatic rings. The van der Waals surface area contributed by atoms with Gasteiger partial charge in [0, 0.05) is 11.8 Å². The van der Waals surface area contributed by atoms with E-state index in [4.69, 9.17) is 4.42 Å². The van der Waals surface area contributed by atoms with E-state index in [0.29, 0.717) is 0 Å². The zero-order valence-electron chi connectivity index (χ0n) is 13.4. The van der Waals surface area contributed by atoms with Gasteiger partial charge in [0.15, 0.2) is 0 Å². The van der Waals surface area contributed by atoms with Gasteiger partial charge in [-0.15, -0.1) is 0 Å². The molecule has 4 nitrogen and oxygen atoms in total. The van der Waals surface area contributed by atoms with Gasteiger partial charge in [0.25, 0.3) is 5.89 Å². The number of oxazole rings is 1. The van der Waals surface area contributed by atoms with Gasteiger partial charge in [-0.1, -0.05) is 36.4 Å². The van der Waals surface area contributed by atoms with Crippen LogP contribution < -0.4 is 4.57 Å². The van der Waals surface area contributed by atoms with E-state index in [1.54, 1.807) is 0 Å². The van der Waals surface area contributed by atoms with Crippen molar-refractivity contribution in [2.75, 3.05) is 0 Å². The molecule has 3 aromatic heterocycles. The second-order valence-corrected chi connectivity index (χ2v) is 6.35. The second kappa shape index (κ2) is 4.57. The summed E-state index contributed by atoms with van der Waals surface area (Å²) in [5.74, 6) is 0.927. The first-order valence-corrected chi connectivity index (χ1v) is 8.37. The van der Waals surface area contributed by atoms with Crippen molar-refractivity contribution in [1.29, 1.82) is 0 Å². The number of para-hydroxylation sites is 1. The lowest BCUT2D eigenvalue weighted by molar-refractivity contribution is -0.651. The molecule has 4 heteroatoms. The molecule has 0 N–H and O–H groups in total. The fourth-order valence-electron chi connectivity index (χ4n) is 3.87. The van der Waals surface area contributed by atoms with Gasteiger partial charge in [-0.05, 0) is 30.3 Å². The molecule has 0 fully saturated rings. The summed E-state index contributed by atoms with van der Waals surface area (Å²) in [6, 6.07) is 22.8. The SMILES string of the molecule is c1ccc(-n2c3ncccc3c3oc4[n+](c32)Cc2ccccc2-4)cc1. The van der Waals surface area contributed by atoms with Crippen LogP contribution in [0.2, 0.25) is 0 Å². The molecule has 6 rings (SSSR count). The van der Waals surface area contributed by atoms with Crippen molar-refractivity contribution in [3.8, 4) is 17.1 Å². The van der Waals surface area contributed by atoms with Crippen molar-refractivity contribution in [1.82, 2.24) is 9.55 Å². The quantitative estimate of drug-likeness (QED) is 0.427. The Bertz CT molecular complexity index is 1260. The number of pyridine rings is 1. The van der Waals surface area contributed by atoms with Crippen molar-refractivity contribution in [3.63, 3.8) is 0 Å². The fraction of sp³-hybridized carbons (Fsp3) is 0.0476. The number of fused-ring (bicyclic) bond motifs is 7. The molecule has 0 unspecified atom stereocenters. The lowest BCUT2D eigenvalue weighted by atomic mass is 10.1. The normalized spacial score (nSPS) is 12.6. The van der Waals surface area contributed by atoms with Gasteiger partial charge in [-0.25, -0.2) is 4.98 Å². The number of benzene rings is 2. The average Bonchev–Trinajstić information content (AvgIpc) is 3.30. The summed E-state index contributed by atoms with van der Waals surface area (Å²) in [4.78, 5) is 4.63. The van der Waals surface area contributed by atoms with Crippen molar-refractivity contribution >= 4 is 22.3 Å². The molecular weight excluding hydrogens is 310 g/mol. The first-order chi connectivity index (χ1) is 12.4. The molecule has 1 aliphatic rings. The van der Waals surface area contributed by atoms with Crippen LogP contribution in [-0.2, 0) is 6.54 Å². The average molecular weight is 324 g/mol. The van der Waals surface area contributed by atoms with E-state index in [-0.39, 0.29) is 0 Å². The third-order valence-corrected chi connectivity index (χ3v) is 4.95. The zero-order valence-corrected chi connectivity index (χ0v) is 13.4. The maximum Gasteiger partial charge on any atom is 0.336 e. The summed E-state index contributed by atoms with van der Waals surface area (Å²) in [6.07, 6.45) is 1.83. The van der Waals surface area contributed by atoms with Crippen LogP contribution in [0.5, 0.6) is 0 Å². The Morgan fingerprint density at radius 1 is 0.920 bits per heavy atom. The Morgan fingerprint density at radius 2 is 1.76 bits per heavy atom. The Morgan fingerprint density at radius 3 is 2.68 bits per heavy atom. The standard InChI is InChI=1S/C21H14N3O/c1-2-8-15(9-3-1)24-19-17(11-6-12-22-19)18-20(24)23-13-14-7-4-5-10-16(14)21(23)25-18/h1-12H,13H2/q+1. The van der Waals surface area contributed by atoms with Crippen LogP contribution in [-0.4, -0.2) is 9.55 Å². The first-order valence-electron chi connectivity index (χ1n) is 8.37. The summed E-state index contributed by atoms with van der Waals surface area (Å²) in [5.41, 5.74) is 6.45. The van der Waals surface area contributed by atoms with E-state index in [1.807, 2.05) is 18.3 Å². The van der Waals surface area contributed by atoms with E-state index < -0.39 is 0 Å². The topological polar surface area (TPSA) is 34.8 Å². The Kier molecular flexibility index (Phi) is 2.37. The highest BCUT2D eigenvalue weighted by Gasteiger charge is 2.35. The largest absolute Gasteiger partial charge is 0.413 e. The number of nitrogens with zero attached hydrogens (tertiary/aromatic N) is 3. The predicted octanol–water partition coefficient (Wildman–Crippen LogP) is 4.09. The summed E-state index contributed by atoms with van der Waals surface area (Å²) in [5, 5.41) is 1.04. The molecular formula is C21H14N3O+. The van der Waals surface area contributed by atoms with Gasteiger partial charge in [0.1, 0.15) is 12.2 Å². The molecule has 0 saturated heterocycles. The molecule has 2 aromatic carbocycles. The Hall–Kier alpha value is -3.40. The number of rotatable bonds is 1. The Labute approximate surface area is 143 Å². The Balaban J connectivity index is 1.79. The maximum absolute atomic E-state index is 6.35. The molecule has 118 valence electrons. The summed E-state index contributed by atoms with van der Waals surface area (Å²) < 4.78 is 10.8. The van der Waals surface area contributed by atoms with E-state index in [0.717, 1.165) is 40.4 Å². The van der Waals surface area contributed by atoms with E-state index in [2.05, 4.69) is 68.7 Å². The monoisotopic (exact) mass is 324 g/mol. The number of hydrogen-bond acceptors (Lipinski definition) is 2. The van der Waals surface area contributed by atoms with Crippen molar-refractivity contribution < 1.29 is 8.98 Å². The van der Waals surface area contributed by atoms with Crippen molar-refractivity contribution in [2.24, 2.45) is 0 Å². The highest BCUT2D eigenvalue weighted by Crippen LogP contribution is 2.36. The van der Waals surface area contributed by atoms with Gasteiger partial charge in [-0.2, -0.15) is 9.13 Å². The minimum Gasteiger partial charge on any atom is -0.413 e. The summed E-state index contributed by atoms with van der Waals surface area (Å²) >= 11 is 0. The molecule has 4 heterocycles. The van der Waals surface area contributed by atoms with Gasteiger partial charge in [-0.3, -0.25) is 0 Å². The van der Waals surface area contributed by atoms with Crippen LogP contribution in [0.3, 0.4) is 0 Å². The summed E-state index contributed by atoms with van der Waals surface area (Å²) in [6.45, 7) is 0.821. The summed E-state index contributed by atoms with van der Waals surface area (Å²) in [7, 11) is 0. The van der Waals surface area contributed by atoms with Crippen LogP contribution in [0.25, 0.3) is 39.4 Å². The minimum absolute atomic E-state index is 0.821. The molecule has 0 spiro atoms. The van der Waals surface area contributed by atoms with Gasteiger partial charge in [0.2, 0.25) is 11.2 Å².